The van der Waals surface area contributed by atoms with Crippen LogP contribution >= 0.6 is 11.8 Å². The van der Waals surface area contributed by atoms with Crippen LogP contribution in [-0.4, -0.2) is 60.0 Å². The number of amides is 2. The maximum Gasteiger partial charge on any atom is 0.290 e. The highest BCUT2D eigenvalue weighted by molar-refractivity contribution is 8.18. The van der Waals surface area contributed by atoms with Gasteiger partial charge in [-0.15, -0.1) is 0 Å². The van der Waals surface area contributed by atoms with Crippen LogP contribution in [0.4, 0.5) is 15.1 Å². The minimum atomic E-state index is -0.409. The molecule has 2 amide bonds. The quantitative estimate of drug-likeness (QED) is 0.369. The molecule has 2 saturated heterocycles. The third-order valence-electron chi connectivity index (χ3n) is 6.75. The Hall–Kier alpha value is -4.03. The van der Waals surface area contributed by atoms with E-state index < -0.39 is 5.91 Å². The summed E-state index contributed by atoms with van der Waals surface area (Å²) in [5.41, 5.74) is 2.38. The molecule has 5 rings (SSSR count). The number of nitrogens with zero attached hydrogens (tertiary/aromatic N) is 4. The zero-order chi connectivity index (χ0) is 28.1. The molecule has 1 aromatic carbocycles. The van der Waals surface area contributed by atoms with E-state index in [1.165, 1.54) is 12.1 Å². The van der Waals surface area contributed by atoms with Crippen LogP contribution in [0.1, 0.15) is 24.2 Å². The topological polar surface area (TPSA) is 119 Å². The fraction of sp³-hybridized carbons (Fsp3) is 0.321. The molecule has 2 fully saturated rings. The monoisotopic (exact) mass is 564 g/mol. The van der Waals surface area contributed by atoms with E-state index in [-0.39, 0.29) is 11.1 Å². The fourth-order valence-corrected chi connectivity index (χ4v) is 5.35. The second-order valence-corrected chi connectivity index (χ2v) is 10.4. The van der Waals surface area contributed by atoms with Gasteiger partial charge in [-0.05, 0) is 67.4 Å². The Morgan fingerprint density at radius 1 is 1.12 bits per heavy atom. The number of nitrogens with one attached hydrogen (secondary N) is 2. The average molecular weight is 565 g/mol. The van der Waals surface area contributed by atoms with Gasteiger partial charge < -0.3 is 19.7 Å². The first-order valence-corrected chi connectivity index (χ1v) is 13.7. The minimum Gasteiger partial charge on any atom is -0.497 e. The van der Waals surface area contributed by atoms with E-state index >= 15 is 0 Å². The lowest BCUT2D eigenvalue weighted by atomic mass is 9.97. The van der Waals surface area contributed by atoms with Gasteiger partial charge in [-0.2, -0.15) is 0 Å². The third kappa shape index (κ3) is 6.57. The first-order chi connectivity index (χ1) is 19.4. The lowest BCUT2D eigenvalue weighted by Gasteiger charge is -2.32. The molecule has 0 saturated carbocycles. The van der Waals surface area contributed by atoms with Gasteiger partial charge in [-0.25, -0.2) is 14.4 Å². The molecule has 2 aliphatic rings. The summed E-state index contributed by atoms with van der Waals surface area (Å²) in [7, 11) is 3.14. The second-order valence-electron chi connectivity index (χ2n) is 9.42. The molecular weight excluding hydrogens is 535 g/mol. The number of benzene rings is 1. The van der Waals surface area contributed by atoms with Crippen molar-refractivity contribution in [1.82, 2.24) is 25.6 Å². The summed E-state index contributed by atoms with van der Waals surface area (Å²) in [5, 5.41) is 5.29. The maximum atomic E-state index is 14.5. The Kier molecular flexibility index (Phi) is 8.56. The molecule has 0 aliphatic carbocycles. The van der Waals surface area contributed by atoms with Crippen molar-refractivity contribution >= 4 is 34.9 Å². The Morgan fingerprint density at radius 2 is 1.95 bits per heavy atom. The summed E-state index contributed by atoms with van der Waals surface area (Å²) in [5.74, 6) is 1.49. The molecule has 40 heavy (non-hydrogen) atoms. The number of anilines is 1. The van der Waals surface area contributed by atoms with E-state index in [2.05, 4.69) is 30.5 Å². The molecular formula is C28H29FN6O4S. The Morgan fingerprint density at radius 3 is 2.67 bits per heavy atom. The number of thioether (sulfide) groups is 1. The van der Waals surface area contributed by atoms with Crippen LogP contribution in [0.15, 0.2) is 47.5 Å². The van der Waals surface area contributed by atoms with Crippen LogP contribution in [0.3, 0.4) is 0 Å². The molecule has 4 heterocycles. The summed E-state index contributed by atoms with van der Waals surface area (Å²) < 4.78 is 25.2. The normalized spacial score (nSPS) is 16.9. The number of ether oxygens (including phenoxy) is 2. The number of rotatable bonds is 9. The first-order valence-electron chi connectivity index (χ1n) is 12.8. The van der Waals surface area contributed by atoms with E-state index in [0.29, 0.717) is 57.5 Å². The van der Waals surface area contributed by atoms with Gasteiger partial charge in [0.2, 0.25) is 5.95 Å². The van der Waals surface area contributed by atoms with Gasteiger partial charge >= 0.3 is 0 Å². The zero-order valence-electron chi connectivity index (χ0n) is 22.1. The van der Waals surface area contributed by atoms with Crippen LogP contribution in [0.2, 0.25) is 0 Å². The van der Waals surface area contributed by atoms with Crippen molar-refractivity contribution in [3.63, 3.8) is 0 Å². The highest BCUT2D eigenvalue weighted by Crippen LogP contribution is 2.33. The largest absolute Gasteiger partial charge is 0.497 e. The van der Waals surface area contributed by atoms with Gasteiger partial charge in [0.05, 0.1) is 36.2 Å². The number of carbonyl (C=O) groups is 2. The van der Waals surface area contributed by atoms with Gasteiger partial charge in [0, 0.05) is 43.5 Å². The zero-order valence-corrected chi connectivity index (χ0v) is 23.0. The minimum absolute atomic E-state index is 0.322. The molecule has 0 radical (unpaired) electrons. The average Bonchev–Trinajstić information content (AvgIpc) is 3.28. The van der Waals surface area contributed by atoms with E-state index in [9.17, 15) is 14.0 Å². The van der Waals surface area contributed by atoms with E-state index in [0.717, 1.165) is 44.2 Å². The third-order valence-corrected chi connectivity index (χ3v) is 7.56. The number of halogens is 1. The molecule has 2 aliphatic heterocycles. The second kappa shape index (κ2) is 12.4. The summed E-state index contributed by atoms with van der Waals surface area (Å²) in [4.78, 5) is 39.3. The first kappa shape index (κ1) is 27.5. The summed E-state index contributed by atoms with van der Waals surface area (Å²) in [6.07, 6.45) is 5.14. The van der Waals surface area contributed by atoms with Crippen LogP contribution in [0, 0.1) is 11.7 Å². The smallest absolute Gasteiger partial charge is 0.290 e. The SMILES string of the molecule is COc1ccc(-c2cc(F)cc(CNCC3CCN(c4nccc(C=C5SC(=O)NC5=O)n4)CC3)n2)c(OC)c1. The number of carbonyl (C=O) groups excluding carboxylic acids is 2. The van der Waals surface area contributed by atoms with Crippen LogP contribution in [-0.2, 0) is 11.3 Å². The van der Waals surface area contributed by atoms with Crippen molar-refractivity contribution in [2.45, 2.75) is 19.4 Å². The highest BCUT2D eigenvalue weighted by atomic mass is 32.2. The summed E-state index contributed by atoms with van der Waals surface area (Å²) in [6, 6.07) is 9.91. The Labute approximate surface area is 235 Å². The predicted octanol–water partition coefficient (Wildman–Crippen LogP) is 4.03. The van der Waals surface area contributed by atoms with Gasteiger partial charge in [-0.3, -0.25) is 19.9 Å². The van der Waals surface area contributed by atoms with E-state index in [1.807, 2.05) is 6.07 Å². The molecule has 3 aromatic rings. The molecule has 0 bridgehead atoms. The molecule has 2 N–H and O–H groups in total. The van der Waals surface area contributed by atoms with Crippen LogP contribution in [0.5, 0.6) is 11.5 Å². The fourth-order valence-electron chi connectivity index (χ4n) is 4.68. The molecule has 12 heteroatoms. The molecule has 0 unspecified atom stereocenters. The number of piperidine rings is 1. The number of hydrogen-bond acceptors (Lipinski definition) is 10. The summed E-state index contributed by atoms with van der Waals surface area (Å²) >= 11 is 0.864. The van der Waals surface area contributed by atoms with Gasteiger partial charge in [0.1, 0.15) is 17.3 Å². The Balaban J connectivity index is 1.15. The van der Waals surface area contributed by atoms with Gasteiger partial charge in [-0.1, -0.05) is 0 Å². The number of aromatic nitrogens is 3. The van der Waals surface area contributed by atoms with Crippen molar-refractivity contribution < 1.29 is 23.5 Å². The number of methoxy groups -OCH3 is 2. The predicted molar refractivity (Wildman–Crippen MR) is 151 cm³/mol. The molecule has 0 spiro atoms. The van der Waals surface area contributed by atoms with Crippen LogP contribution < -0.4 is 25.0 Å². The number of hydrogen-bond donors (Lipinski definition) is 2. The summed E-state index contributed by atoms with van der Waals surface area (Å²) in [6.45, 7) is 2.80. The number of pyridine rings is 1. The molecule has 0 atom stereocenters. The van der Waals surface area contributed by atoms with Crippen molar-refractivity contribution in [3.8, 4) is 22.8 Å². The molecule has 2 aromatic heterocycles. The number of imide groups is 1. The van der Waals surface area contributed by atoms with Gasteiger partial charge in [0.15, 0.2) is 0 Å². The molecule has 10 nitrogen and oxygen atoms in total. The molecule has 208 valence electrons. The lowest BCUT2D eigenvalue weighted by Crippen LogP contribution is -2.38. The van der Waals surface area contributed by atoms with Crippen molar-refractivity contribution in [3.05, 3.63) is 64.7 Å². The van der Waals surface area contributed by atoms with Crippen molar-refractivity contribution in [1.29, 1.82) is 0 Å². The van der Waals surface area contributed by atoms with E-state index in [1.54, 1.807) is 44.7 Å². The van der Waals surface area contributed by atoms with Crippen LogP contribution in [0.25, 0.3) is 17.3 Å². The van der Waals surface area contributed by atoms with Crippen molar-refractivity contribution in [2.24, 2.45) is 5.92 Å². The maximum absolute atomic E-state index is 14.5. The Bertz CT molecular complexity index is 1440. The van der Waals surface area contributed by atoms with Crippen molar-refractivity contribution in [2.75, 3.05) is 38.8 Å². The highest BCUT2D eigenvalue weighted by Gasteiger charge is 2.26. The van der Waals surface area contributed by atoms with E-state index in [4.69, 9.17) is 9.47 Å². The van der Waals surface area contributed by atoms with Gasteiger partial charge in [0.25, 0.3) is 11.1 Å². The standard InChI is InChI=1S/C28H29FN6O4S/c1-38-21-3-4-22(24(14-21)39-2)23-12-18(29)11-20(32-23)16-30-15-17-6-9-35(10-7-17)27-31-8-5-19(33-27)13-25-26(36)34-28(37)40-25/h3-5,8,11-14,17,30H,6-7,9-10,15-16H2,1-2H3,(H,34,36,37). The lowest BCUT2D eigenvalue weighted by molar-refractivity contribution is -0.115.